The van der Waals surface area contributed by atoms with Crippen molar-refractivity contribution in [2.75, 3.05) is 0 Å². The topological polar surface area (TPSA) is 64.4 Å². The molecule has 0 amide bonds. The molecule has 5 rings (SSSR count). The highest BCUT2D eigenvalue weighted by atomic mass is 35.5. The first-order valence-electron chi connectivity index (χ1n) is 8.99. The SMILES string of the molecule is Cc1noc2c1-c1ccccc1C(c1ccc(Cl)cc1)=N[C@H]2Cc1ncco1. The third kappa shape index (κ3) is 2.84. The zero-order valence-electron chi connectivity index (χ0n) is 15.1. The summed E-state index contributed by atoms with van der Waals surface area (Å²) in [5.41, 5.74) is 5.79. The van der Waals surface area contributed by atoms with Crippen molar-refractivity contribution in [2.24, 2.45) is 4.99 Å². The van der Waals surface area contributed by atoms with Crippen molar-refractivity contribution < 1.29 is 8.94 Å². The molecule has 3 heterocycles. The number of oxazole rings is 1. The molecular formula is C22H16ClN3O2. The molecule has 0 spiro atoms. The minimum atomic E-state index is -0.298. The van der Waals surface area contributed by atoms with Crippen molar-refractivity contribution in [1.82, 2.24) is 10.1 Å². The van der Waals surface area contributed by atoms with Gasteiger partial charge in [0.05, 0.1) is 29.6 Å². The van der Waals surface area contributed by atoms with Gasteiger partial charge in [0.1, 0.15) is 12.3 Å². The van der Waals surface area contributed by atoms with Crippen LogP contribution in [0.15, 0.2) is 74.9 Å². The molecular weight excluding hydrogens is 374 g/mol. The van der Waals surface area contributed by atoms with Crippen LogP contribution in [0.1, 0.15) is 34.5 Å². The van der Waals surface area contributed by atoms with Gasteiger partial charge in [0.25, 0.3) is 0 Å². The Kier molecular flexibility index (Phi) is 4.10. The van der Waals surface area contributed by atoms with E-state index in [1.54, 1.807) is 12.5 Å². The highest BCUT2D eigenvalue weighted by Gasteiger charge is 2.31. The fourth-order valence-electron chi connectivity index (χ4n) is 3.63. The summed E-state index contributed by atoms with van der Waals surface area (Å²) in [6.45, 7) is 1.95. The van der Waals surface area contributed by atoms with Crippen molar-refractivity contribution in [3.05, 3.63) is 94.5 Å². The molecule has 0 N–H and O–H groups in total. The van der Waals surface area contributed by atoms with Gasteiger partial charge in [0, 0.05) is 16.1 Å². The standard InChI is InChI=1S/C22H16ClN3O2/c1-13-20-16-4-2-3-5-17(16)21(14-6-8-15(23)9-7-14)25-18(22(20)28-26-13)12-19-24-10-11-27-19/h2-11,18H,12H2,1H3/t18-/m0/s1. The van der Waals surface area contributed by atoms with E-state index in [1.807, 2.05) is 43.3 Å². The van der Waals surface area contributed by atoms with Crippen LogP contribution in [-0.4, -0.2) is 15.9 Å². The molecule has 0 radical (unpaired) electrons. The minimum absolute atomic E-state index is 0.298. The lowest BCUT2D eigenvalue weighted by molar-refractivity contribution is 0.350. The van der Waals surface area contributed by atoms with E-state index in [0.29, 0.717) is 17.3 Å². The Labute approximate surface area is 166 Å². The van der Waals surface area contributed by atoms with Crippen LogP contribution in [0.5, 0.6) is 0 Å². The molecule has 0 saturated heterocycles. The minimum Gasteiger partial charge on any atom is -0.449 e. The Morgan fingerprint density at radius 1 is 1.04 bits per heavy atom. The number of halogens is 1. The predicted molar refractivity (Wildman–Crippen MR) is 107 cm³/mol. The Morgan fingerprint density at radius 3 is 2.57 bits per heavy atom. The average Bonchev–Trinajstić information content (AvgIpc) is 3.32. The summed E-state index contributed by atoms with van der Waals surface area (Å²) >= 11 is 6.10. The molecule has 1 aliphatic rings. The molecule has 0 bridgehead atoms. The third-order valence-corrected chi connectivity index (χ3v) is 5.15. The maximum absolute atomic E-state index is 6.10. The largest absolute Gasteiger partial charge is 0.449 e. The van der Waals surface area contributed by atoms with Gasteiger partial charge in [-0.15, -0.1) is 0 Å². The molecule has 28 heavy (non-hydrogen) atoms. The van der Waals surface area contributed by atoms with Gasteiger partial charge in [0.2, 0.25) is 0 Å². The van der Waals surface area contributed by atoms with Crippen LogP contribution in [0, 0.1) is 6.92 Å². The quantitative estimate of drug-likeness (QED) is 0.469. The summed E-state index contributed by atoms with van der Waals surface area (Å²) in [6, 6.07) is 15.6. The van der Waals surface area contributed by atoms with Crippen molar-refractivity contribution >= 4 is 17.3 Å². The van der Waals surface area contributed by atoms with E-state index in [9.17, 15) is 0 Å². The van der Waals surface area contributed by atoms with E-state index in [2.05, 4.69) is 22.3 Å². The van der Waals surface area contributed by atoms with Gasteiger partial charge in [-0.25, -0.2) is 4.98 Å². The lowest BCUT2D eigenvalue weighted by Gasteiger charge is -2.11. The second-order valence-electron chi connectivity index (χ2n) is 6.68. The Bertz CT molecular complexity index is 1160. The number of benzene rings is 2. The molecule has 0 fully saturated rings. The van der Waals surface area contributed by atoms with E-state index in [-0.39, 0.29) is 6.04 Å². The zero-order chi connectivity index (χ0) is 19.1. The molecule has 5 nitrogen and oxygen atoms in total. The van der Waals surface area contributed by atoms with E-state index < -0.39 is 0 Å². The van der Waals surface area contributed by atoms with E-state index in [0.717, 1.165) is 39.4 Å². The normalized spacial score (nSPS) is 15.5. The molecule has 1 aliphatic heterocycles. The van der Waals surface area contributed by atoms with Crippen LogP contribution in [-0.2, 0) is 6.42 Å². The van der Waals surface area contributed by atoms with E-state index in [1.165, 1.54) is 0 Å². The average molecular weight is 390 g/mol. The highest BCUT2D eigenvalue weighted by molar-refractivity contribution is 6.30. The Balaban J connectivity index is 1.75. The predicted octanol–water partition coefficient (Wildman–Crippen LogP) is 5.43. The molecule has 2 aromatic carbocycles. The van der Waals surface area contributed by atoms with Crippen LogP contribution < -0.4 is 0 Å². The number of fused-ring (bicyclic) bond motifs is 3. The number of aryl methyl sites for hydroxylation is 1. The van der Waals surface area contributed by atoms with Crippen molar-refractivity contribution in [2.45, 2.75) is 19.4 Å². The lowest BCUT2D eigenvalue weighted by Crippen LogP contribution is -2.07. The smallest absolute Gasteiger partial charge is 0.196 e. The summed E-state index contributed by atoms with van der Waals surface area (Å²) in [7, 11) is 0. The zero-order valence-corrected chi connectivity index (χ0v) is 15.8. The summed E-state index contributed by atoms with van der Waals surface area (Å²) < 4.78 is 11.2. The first-order valence-corrected chi connectivity index (χ1v) is 9.36. The van der Waals surface area contributed by atoms with Crippen molar-refractivity contribution in [1.29, 1.82) is 0 Å². The molecule has 0 saturated carbocycles. The van der Waals surface area contributed by atoms with Gasteiger partial charge < -0.3 is 8.94 Å². The summed E-state index contributed by atoms with van der Waals surface area (Å²) in [4.78, 5) is 9.35. The summed E-state index contributed by atoms with van der Waals surface area (Å²) in [5.74, 6) is 1.34. The number of aromatic nitrogens is 2. The van der Waals surface area contributed by atoms with Crippen LogP contribution >= 0.6 is 11.6 Å². The van der Waals surface area contributed by atoms with Crippen LogP contribution in [0.3, 0.4) is 0 Å². The molecule has 138 valence electrons. The molecule has 0 unspecified atom stereocenters. The maximum atomic E-state index is 6.10. The third-order valence-electron chi connectivity index (χ3n) is 4.90. The molecule has 4 aromatic rings. The molecule has 2 aromatic heterocycles. The Morgan fingerprint density at radius 2 is 1.82 bits per heavy atom. The number of hydrogen-bond acceptors (Lipinski definition) is 5. The van der Waals surface area contributed by atoms with Gasteiger partial charge >= 0.3 is 0 Å². The second-order valence-corrected chi connectivity index (χ2v) is 7.12. The highest BCUT2D eigenvalue weighted by Crippen LogP contribution is 2.40. The molecule has 0 aliphatic carbocycles. The maximum Gasteiger partial charge on any atom is 0.196 e. The monoisotopic (exact) mass is 389 g/mol. The fourth-order valence-corrected chi connectivity index (χ4v) is 3.76. The lowest BCUT2D eigenvalue weighted by atomic mass is 9.93. The van der Waals surface area contributed by atoms with Crippen LogP contribution in [0.25, 0.3) is 11.1 Å². The van der Waals surface area contributed by atoms with Gasteiger partial charge in [-0.3, -0.25) is 4.99 Å². The van der Waals surface area contributed by atoms with Crippen molar-refractivity contribution in [3.63, 3.8) is 0 Å². The summed E-state index contributed by atoms with van der Waals surface area (Å²) in [6.07, 6.45) is 3.69. The first kappa shape index (κ1) is 17.0. The summed E-state index contributed by atoms with van der Waals surface area (Å²) in [5, 5.41) is 4.90. The van der Waals surface area contributed by atoms with Gasteiger partial charge in [-0.1, -0.05) is 53.2 Å². The Hall–Kier alpha value is -3.18. The second kappa shape index (κ2) is 6.77. The van der Waals surface area contributed by atoms with Crippen molar-refractivity contribution in [3.8, 4) is 11.1 Å². The van der Waals surface area contributed by atoms with E-state index in [4.69, 9.17) is 25.5 Å². The fraction of sp³-hybridized carbons (Fsp3) is 0.136. The number of nitrogens with zero attached hydrogens (tertiary/aromatic N) is 3. The number of rotatable bonds is 3. The van der Waals surface area contributed by atoms with Crippen LogP contribution in [0.2, 0.25) is 5.02 Å². The van der Waals surface area contributed by atoms with Gasteiger partial charge in [-0.2, -0.15) is 0 Å². The van der Waals surface area contributed by atoms with Crippen LogP contribution in [0.4, 0.5) is 0 Å². The molecule has 1 atom stereocenters. The number of aliphatic imine (C=N–C) groups is 1. The first-order chi connectivity index (χ1) is 13.7. The molecule has 6 heteroatoms. The number of hydrogen-bond donors (Lipinski definition) is 0. The van der Waals surface area contributed by atoms with Gasteiger partial charge in [-0.05, 0) is 24.6 Å². The van der Waals surface area contributed by atoms with E-state index >= 15 is 0 Å². The van der Waals surface area contributed by atoms with Gasteiger partial charge in [0.15, 0.2) is 11.7 Å².